The van der Waals surface area contributed by atoms with Crippen LogP contribution >= 0.6 is 0 Å². The van der Waals surface area contributed by atoms with Crippen molar-refractivity contribution in [2.24, 2.45) is 10.9 Å². The zero-order valence-electron chi connectivity index (χ0n) is 16.5. The molecule has 26 heavy (non-hydrogen) atoms. The highest BCUT2D eigenvalue weighted by Crippen LogP contribution is 2.15. The van der Waals surface area contributed by atoms with Gasteiger partial charge in [0.2, 0.25) is 0 Å². The predicted octanol–water partition coefficient (Wildman–Crippen LogP) is 0.394. The Hall–Kier alpha value is -0.860. The van der Waals surface area contributed by atoms with Crippen LogP contribution in [0.3, 0.4) is 0 Å². The van der Waals surface area contributed by atoms with Gasteiger partial charge >= 0.3 is 0 Å². The number of hydrogen-bond acceptors (Lipinski definition) is 5. The van der Waals surface area contributed by atoms with Gasteiger partial charge in [-0.1, -0.05) is 6.92 Å². The van der Waals surface area contributed by atoms with Crippen LogP contribution in [0, 0.1) is 5.92 Å². The molecular weight excluding hydrogens is 350 g/mol. The van der Waals surface area contributed by atoms with Crippen molar-refractivity contribution in [2.75, 3.05) is 70.4 Å². The Morgan fingerprint density at radius 1 is 1.04 bits per heavy atom. The summed E-state index contributed by atoms with van der Waals surface area (Å²) in [5.41, 5.74) is 0. The molecule has 0 unspecified atom stereocenters. The average molecular weight is 388 g/mol. The summed E-state index contributed by atoms with van der Waals surface area (Å²) in [5, 5.41) is 6.66. The first kappa shape index (κ1) is 21.4. The summed E-state index contributed by atoms with van der Waals surface area (Å²) < 4.78 is 22.9. The summed E-state index contributed by atoms with van der Waals surface area (Å²) in [6.07, 6.45) is 3.74. The van der Waals surface area contributed by atoms with Crippen molar-refractivity contribution in [1.82, 2.24) is 20.4 Å². The summed E-state index contributed by atoms with van der Waals surface area (Å²) in [4.78, 5) is 9.43. The molecule has 8 heteroatoms. The normalized spacial score (nSPS) is 23.1. The Labute approximate surface area is 159 Å². The molecule has 0 amide bonds. The van der Waals surface area contributed by atoms with Gasteiger partial charge in [0.1, 0.15) is 0 Å². The molecule has 0 saturated carbocycles. The number of sulfone groups is 1. The maximum atomic E-state index is 11.5. The van der Waals surface area contributed by atoms with Crippen LogP contribution in [0.15, 0.2) is 4.99 Å². The molecule has 0 spiro atoms. The minimum atomic E-state index is -2.80. The van der Waals surface area contributed by atoms with Gasteiger partial charge in [0.15, 0.2) is 15.8 Å². The van der Waals surface area contributed by atoms with Crippen LogP contribution in [0.5, 0.6) is 0 Å². The molecule has 2 N–H and O–H groups in total. The van der Waals surface area contributed by atoms with Crippen molar-refractivity contribution >= 4 is 15.8 Å². The molecule has 0 radical (unpaired) electrons. The van der Waals surface area contributed by atoms with Gasteiger partial charge in [-0.25, -0.2) is 8.42 Å². The van der Waals surface area contributed by atoms with Gasteiger partial charge in [-0.05, 0) is 51.7 Å². The zero-order valence-corrected chi connectivity index (χ0v) is 17.4. The van der Waals surface area contributed by atoms with Crippen molar-refractivity contribution in [1.29, 1.82) is 0 Å². The lowest BCUT2D eigenvalue weighted by atomic mass is 9.99. The molecule has 2 fully saturated rings. The Morgan fingerprint density at radius 2 is 1.69 bits per heavy atom. The van der Waals surface area contributed by atoms with Crippen LogP contribution < -0.4 is 10.6 Å². The lowest BCUT2D eigenvalue weighted by Crippen LogP contribution is -2.46. The van der Waals surface area contributed by atoms with Gasteiger partial charge in [0.05, 0.1) is 11.5 Å². The molecule has 2 rings (SSSR count). The number of nitrogens with zero attached hydrogens (tertiary/aromatic N) is 3. The highest BCUT2D eigenvalue weighted by Gasteiger charge is 2.21. The Balaban J connectivity index is 1.61. The number of rotatable bonds is 8. The topological polar surface area (TPSA) is 77.0 Å². The van der Waals surface area contributed by atoms with Crippen molar-refractivity contribution < 1.29 is 8.42 Å². The lowest BCUT2D eigenvalue weighted by molar-refractivity contribution is 0.192. The molecule has 2 aliphatic rings. The molecule has 152 valence electrons. The largest absolute Gasteiger partial charge is 0.357 e. The highest BCUT2D eigenvalue weighted by molar-refractivity contribution is 7.91. The van der Waals surface area contributed by atoms with Gasteiger partial charge in [0.25, 0.3) is 0 Å². The van der Waals surface area contributed by atoms with E-state index in [1.54, 1.807) is 0 Å². The average Bonchev–Trinajstić information content (AvgIpc) is 2.61. The second-order valence-corrected chi connectivity index (χ2v) is 9.86. The molecule has 0 aromatic heterocycles. The summed E-state index contributed by atoms with van der Waals surface area (Å²) in [6, 6.07) is 0. The predicted molar refractivity (Wildman–Crippen MR) is 109 cm³/mol. The van der Waals surface area contributed by atoms with Crippen LogP contribution in [-0.2, 0) is 9.84 Å². The van der Waals surface area contributed by atoms with E-state index in [0.717, 1.165) is 51.0 Å². The number of hydrogen-bond donors (Lipinski definition) is 2. The fraction of sp³-hybridized carbons (Fsp3) is 0.944. The SMILES string of the molecule is CCNC(=NCCCN1CCC(C)CC1)NCCN1CCS(=O)(=O)CC1. The number of guanidine groups is 1. The van der Waals surface area contributed by atoms with Gasteiger partial charge in [-0.15, -0.1) is 0 Å². The van der Waals surface area contributed by atoms with Crippen molar-refractivity contribution in [3.63, 3.8) is 0 Å². The summed E-state index contributed by atoms with van der Waals surface area (Å²) in [7, 11) is -2.80. The second-order valence-electron chi connectivity index (χ2n) is 7.56. The summed E-state index contributed by atoms with van der Waals surface area (Å²) in [5.74, 6) is 2.32. The van der Waals surface area contributed by atoms with Crippen LogP contribution in [-0.4, -0.2) is 94.6 Å². The zero-order chi connectivity index (χ0) is 18.8. The molecule has 0 aromatic rings. The van der Waals surface area contributed by atoms with Gasteiger partial charge in [-0.2, -0.15) is 0 Å². The molecule has 2 saturated heterocycles. The van der Waals surface area contributed by atoms with E-state index < -0.39 is 9.84 Å². The molecule has 0 aromatic carbocycles. The highest BCUT2D eigenvalue weighted by atomic mass is 32.2. The Kier molecular flexibility index (Phi) is 9.15. The molecular formula is C18H37N5O2S. The van der Waals surface area contributed by atoms with Crippen molar-refractivity contribution in [2.45, 2.75) is 33.1 Å². The molecule has 2 heterocycles. The minimum Gasteiger partial charge on any atom is -0.357 e. The van der Waals surface area contributed by atoms with E-state index in [1.807, 2.05) is 0 Å². The van der Waals surface area contributed by atoms with Crippen LogP contribution in [0.25, 0.3) is 0 Å². The second kappa shape index (κ2) is 11.1. The number of likely N-dealkylation sites (tertiary alicyclic amines) is 1. The Morgan fingerprint density at radius 3 is 2.35 bits per heavy atom. The van der Waals surface area contributed by atoms with Crippen LogP contribution in [0.2, 0.25) is 0 Å². The Bertz CT molecular complexity index is 516. The number of aliphatic imine (C=N–C) groups is 1. The van der Waals surface area contributed by atoms with E-state index in [9.17, 15) is 8.42 Å². The third kappa shape index (κ3) is 8.22. The van der Waals surface area contributed by atoms with Gasteiger partial charge < -0.3 is 15.5 Å². The van der Waals surface area contributed by atoms with Crippen LogP contribution in [0.4, 0.5) is 0 Å². The van der Waals surface area contributed by atoms with Gasteiger partial charge in [0, 0.05) is 39.3 Å². The maximum absolute atomic E-state index is 11.5. The van der Waals surface area contributed by atoms with E-state index >= 15 is 0 Å². The van der Waals surface area contributed by atoms with E-state index in [2.05, 4.69) is 39.3 Å². The molecule has 0 aliphatic carbocycles. The fourth-order valence-electron chi connectivity index (χ4n) is 3.42. The third-order valence-electron chi connectivity index (χ3n) is 5.28. The first-order valence-electron chi connectivity index (χ1n) is 10.2. The van der Waals surface area contributed by atoms with E-state index in [0.29, 0.717) is 13.1 Å². The minimum absolute atomic E-state index is 0.288. The number of nitrogens with one attached hydrogen (secondary N) is 2. The standard InChI is InChI=1S/C18H37N5O2S/c1-3-19-18(20-7-4-9-22-10-5-17(2)6-11-22)21-8-12-23-13-15-26(24,25)16-14-23/h17H,3-16H2,1-2H3,(H2,19,20,21). The fourth-order valence-corrected chi connectivity index (χ4v) is 4.70. The molecule has 0 atom stereocenters. The van der Waals surface area contributed by atoms with E-state index in [-0.39, 0.29) is 11.5 Å². The molecule has 7 nitrogen and oxygen atoms in total. The van der Waals surface area contributed by atoms with Gasteiger partial charge in [-0.3, -0.25) is 9.89 Å². The van der Waals surface area contributed by atoms with E-state index in [4.69, 9.17) is 0 Å². The molecule has 2 aliphatic heterocycles. The first-order chi connectivity index (χ1) is 12.5. The van der Waals surface area contributed by atoms with Crippen molar-refractivity contribution in [3.05, 3.63) is 0 Å². The molecule has 0 bridgehead atoms. The monoisotopic (exact) mass is 387 g/mol. The van der Waals surface area contributed by atoms with Crippen molar-refractivity contribution in [3.8, 4) is 0 Å². The smallest absolute Gasteiger partial charge is 0.191 e. The third-order valence-corrected chi connectivity index (χ3v) is 6.89. The first-order valence-corrected chi connectivity index (χ1v) is 12.0. The van der Waals surface area contributed by atoms with Crippen LogP contribution in [0.1, 0.15) is 33.1 Å². The maximum Gasteiger partial charge on any atom is 0.191 e. The van der Waals surface area contributed by atoms with E-state index in [1.165, 1.54) is 25.9 Å². The summed E-state index contributed by atoms with van der Waals surface area (Å²) >= 11 is 0. The summed E-state index contributed by atoms with van der Waals surface area (Å²) in [6.45, 7) is 12.6. The lowest BCUT2D eigenvalue weighted by Gasteiger charge is -2.29. The number of piperidine rings is 1. The quantitative estimate of drug-likeness (QED) is 0.357.